The van der Waals surface area contributed by atoms with Crippen LogP contribution in [0.3, 0.4) is 0 Å². The Morgan fingerprint density at radius 1 is 1.05 bits per heavy atom. The van der Waals surface area contributed by atoms with Gasteiger partial charge in [-0.05, 0) is 29.5 Å². The Hall–Kier alpha value is -1.02. The number of benzene rings is 1. The fourth-order valence-electron chi connectivity index (χ4n) is 2.30. The van der Waals surface area contributed by atoms with Crippen LogP contribution in [-0.4, -0.2) is 13.2 Å². The Morgan fingerprint density at radius 3 is 2.32 bits per heavy atom. The summed E-state index contributed by atoms with van der Waals surface area (Å²) in [7, 11) is 0. The molecular formula is C17H27O2. The molecule has 0 bridgehead atoms. The fraction of sp³-hybridized carbons (Fsp3) is 0.647. The van der Waals surface area contributed by atoms with Crippen LogP contribution in [0, 0.1) is 0 Å². The monoisotopic (exact) mass is 263 g/mol. The van der Waals surface area contributed by atoms with Crippen LogP contribution in [0.5, 0.6) is 5.75 Å². The van der Waals surface area contributed by atoms with E-state index in [1.54, 1.807) is 0 Å². The molecule has 0 amide bonds. The third-order valence-electron chi connectivity index (χ3n) is 3.64. The van der Waals surface area contributed by atoms with E-state index in [-0.39, 0.29) is 18.6 Å². The predicted octanol–water partition coefficient (Wildman–Crippen LogP) is 4.74. The van der Waals surface area contributed by atoms with Gasteiger partial charge in [0.05, 0.1) is 0 Å². The molecule has 1 rings (SSSR count). The van der Waals surface area contributed by atoms with Crippen molar-refractivity contribution in [3.8, 4) is 5.75 Å². The van der Waals surface area contributed by atoms with Gasteiger partial charge in [0, 0.05) is 0 Å². The van der Waals surface area contributed by atoms with Gasteiger partial charge >= 0.3 is 0 Å². The van der Waals surface area contributed by atoms with Crippen LogP contribution in [0.4, 0.5) is 0 Å². The van der Waals surface area contributed by atoms with Crippen molar-refractivity contribution in [1.82, 2.24) is 0 Å². The van der Waals surface area contributed by atoms with E-state index in [0.29, 0.717) is 0 Å². The molecule has 0 saturated heterocycles. The van der Waals surface area contributed by atoms with E-state index in [0.717, 1.165) is 5.75 Å². The average Bonchev–Trinajstić information content (AvgIpc) is 2.42. The smallest absolute Gasteiger partial charge is 0.119 e. The molecule has 0 aromatic heterocycles. The van der Waals surface area contributed by atoms with Crippen molar-refractivity contribution in [2.75, 3.05) is 13.2 Å². The van der Waals surface area contributed by atoms with Crippen LogP contribution >= 0.6 is 0 Å². The molecule has 0 atom stereocenters. The molecular weight excluding hydrogens is 236 g/mol. The highest BCUT2D eigenvalue weighted by atomic mass is 16.5. The van der Waals surface area contributed by atoms with Crippen LogP contribution in [0.2, 0.25) is 0 Å². The molecule has 1 radical (unpaired) electrons. The van der Waals surface area contributed by atoms with Gasteiger partial charge < -0.3 is 4.74 Å². The molecule has 19 heavy (non-hydrogen) atoms. The molecule has 1 aromatic rings. The summed E-state index contributed by atoms with van der Waals surface area (Å²) in [5, 5.41) is 10.4. The lowest BCUT2D eigenvalue weighted by atomic mass is 9.80. The van der Waals surface area contributed by atoms with E-state index in [9.17, 15) is 5.11 Å². The first kappa shape index (κ1) is 16.0. The van der Waals surface area contributed by atoms with Gasteiger partial charge in [-0.3, -0.25) is 0 Å². The highest BCUT2D eigenvalue weighted by Gasteiger charge is 2.19. The third kappa shape index (κ3) is 5.65. The maximum Gasteiger partial charge on any atom is 0.119 e. The minimum Gasteiger partial charge on any atom is -0.491 e. The molecule has 0 aliphatic rings. The summed E-state index contributed by atoms with van der Waals surface area (Å²) in [5.41, 5.74) is 1.56. The third-order valence-corrected chi connectivity index (χ3v) is 3.64. The second-order valence-corrected chi connectivity index (χ2v) is 5.77. The fourth-order valence-corrected chi connectivity index (χ4v) is 2.30. The van der Waals surface area contributed by atoms with E-state index < -0.39 is 0 Å². The van der Waals surface area contributed by atoms with Crippen molar-refractivity contribution in [1.29, 1.82) is 0 Å². The number of hydrogen-bond donors (Lipinski definition) is 0. The molecule has 0 aliphatic heterocycles. The first-order valence-electron chi connectivity index (χ1n) is 7.41. The molecule has 0 aliphatic carbocycles. The molecule has 0 N–H and O–H groups in total. The van der Waals surface area contributed by atoms with Crippen LogP contribution < -0.4 is 4.74 Å². The molecule has 0 fully saturated rings. The Bertz CT molecular complexity index is 341. The van der Waals surface area contributed by atoms with Gasteiger partial charge in [-0.2, -0.15) is 0 Å². The summed E-state index contributed by atoms with van der Waals surface area (Å²) < 4.78 is 5.32. The maximum atomic E-state index is 10.4. The Kier molecular flexibility index (Phi) is 6.93. The topological polar surface area (TPSA) is 29.1 Å². The predicted molar refractivity (Wildman–Crippen MR) is 79.3 cm³/mol. The van der Waals surface area contributed by atoms with Crippen LogP contribution in [0.15, 0.2) is 24.3 Å². The minimum absolute atomic E-state index is 0.190. The van der Waals surface area contributed by atoms with Crippen molar-refractivity contribution in [2.45, 2.75) is 58.3 Å². The number of hydrogen-bond acceptors (Lipinski definition) is 1. The van der Waals surface area contributed by atoms with Gasteiger partial charge in [0.2, 0.25) is 0 Å². The molecule has 0 saturated carbocycles. The number of ether oxygens (including phenoxy) is 1. The van der Waals surface area contributed by atoms with E-state index in [4.69, 9.17) is 4.74 Å². The maximum absolute atomic E-state index is 10.4. The molecule has 0 heterocycles. The summed E-state index contributed by atoms with van der Waals surface area (Å²) in [6.07, 6.45) is 6.44. The highest BCUT2D eigenvalue weighted by molar-refractivity contribution is 5.31. The lowest BCUT2D eigenvalue weighted by Gasteiger charge is -2.25. The highest BCUT2D eigenvalue weighted by Crippen LogP contribution is 2.30. The normalized spacial score (nSPS) is 11.6. The van der Waals surface area contributed by atoms with Gasteiger partial charge in [0.25, 0.3) is 0 Å². The molecule has 2 nitrogen and oxygen atoms in total. The summed E-state index contributed by atoms with van der Waals surface area (Å²) in [6, 6.07) is 8.19. The molecule has 0 unspecified atom stereocenters. The van der Waals surface area contributed by atoms with Crippen molar-refractivity contribution < 1.29 is 9.84 Å². The minimum atomic E-state index is -0.190. The van der Waals surface area contributed by atoms with E-state index in [1.807, 2.05) is 12.1 Å². The summed E-state index contributed by atoms with van der Waals surface area (Å²) in [6.45, 7) is 6.90. The molecule has 107 valence electrons. The van der Waals surface area contributed by atoms with Gasteiger partial charge in [-0.25, -0.2) is 5.11 Å². The second kappa shape index (κ2) is 8.21. The molecule has 0 spiro atoms. The second-order valence-electron chi connectivity index (χ2n) is 5.77. The number of rotatable bonds is 9. The van der Waals surface area contributed by atoms with Crippen LogP contribution in [-0.2, 0) is 10.5 Å². The van der Waals surface area contributed by atoms with Gasteiger partial charge in [0.15, 0.2) is 0 Å². The van der Waals surface area contributed by atoms with Crippen molar-refractivity contribution >= 4 is 0 Å². The zero-order chi connectivity index (χ0) is 14.1. The van der Waals surface area contributed by atoms with Gasteiger partial charge in [-0.1, -0.05) is 58.6 Å². The zero-order valence-electron chi connectivity index (χ0n) is 12.6. The van der Waals surface area contributed by atoms with E-state index in [1.165, 1.54) is 37.7 Å². The molecule has 2 heteroatoms. The SMILES string of the molecule is CCCCCCC(C)(C)c1ccc(OCC[O])cc1. The Morgan fingerprint density at radius 2 is 1.74 bits per heavy atom. The van der Waals surface area contributed by atoms with Crippen molar-refractivity contribution in [3.63, 3.8) is 0 Å². The van der Waals surface area contributed by atoms with Crippen molar-refractivity contribution in [2.24, 2.45) is 0 Å². The largest absolute Gasteiger partial charge is 0.491 e. The quantitative estimate of drug-likeness (QED) is 0.591. The van der Waals surface area contributed by atoms with Crippen LogP contribution in [0.1, 0.15) is 58.4 Å². The zero-order valence-corrected chi connectivity index (χ0v) is 12.6. The van der Waals surface area contributed by atoms with Gasteiger partial charge in [0.1, 0.15) is 19.0 Å². The Labute approximate surface area is 117 Å². The van der Waals surface area contributed by atoms with E-state index >= 15 is 0 Å². The number of unbranched alkanes of at least 4 members (excludes halogenated alkanes) is 3. The van der Waals surface area contributed by atoms with Gasteiger partial charge in [-0.15, -0.1) is 0 Å². The van der Waals surface area contributed by atoms with Crippen LogP contribution in [0.25, 0.3) is 0 Å². The molecule has 1 aromatic carbocycles. The standard InChI is InChI=1S/C17H27O2/c1-4-5-6-7-12-17(2,3)15-8-10-16(11-9-15)19-14-13-18/h8-11H,4-7,12-14H2,1-3H3. The first-order valence-corrected chi connectivity index (χ1v) is 7.41. The lowest BCUT2D eigenvalue weighted by Crippen LogP contribution is -2.16. The summed E-state index contributed by atoms with van der Waals surface area (Å²) in [5.74, 6) is 0.793. The lowest BCUT2D eigenvalue weighted by molar-refractivity contribution is 0.138. The summed E-state index contributed by atoms with van der Waals surface area (Å²) in [4.78, 5) is 0. The average molecular weight is 263 g/mol. The van der Waals surface area contributed by atoms with E-state index in [2.05, 4.69) is 32.9 Å². The first-order chi connectivity index (χ1) is 9.10. The summed E-state index contributed by atoms with van der Waals surface area (Å²) >= 11 is 0. The Balaban J connectivity index is 2.52. The van der Waals surface area contributed by atoms with Crippen molar-refractivity contribution in [3.05, 3.63) is 29.8 Å².